The molecule has 3 N–H and O–H groups in total. The molecule has 20 heavy (non-hydrogen) atoms. The quantitative estimate of drug-likeness (QED) is 0.408. The fourth-order valence-corrected chi connectivity index (χ4v) is 3.00. The van der Waals surface area contributed by atoms with E-state index in [0.717, 1.165) is 6.42 Å². The van der Waals surface area contributed by atoms with Gasteiger partial charge in [0, 0.05) is 12.3 Å². The molecule has 0 spiro atoms. The van der Waals surface area contributed by atoms with E-state index in [1.807, 2.05) is 0 Å². The maximum absolute atomic E-state index is 11.2. The lowest BCUT2D eigenvalue weighted by atomic mass is 9.80. The van der Waals surface area contributed by atoms with Gasteiger partial charge in [0.15, 0.2) is 0 Å². The molecular formula is C18H37NO. The molecule has 0 saturated heterocycles. The number of hydrogen-bond acceptors (Lipinski definition) is 2. The van der Waals surface area contributed by atoms with Crippen LogP contribution in [0, 0.1) is 5.92 Å². The standard InChI is InChI=1S/C18H34O.H3N/c1-2-3-4-5-6-7-8-9-10-11-12-13-14-17-15-16-18(17)19;/h17H,2-16H2,1H3;1H3. The van der Waals surface area contributed by atoms with E-state index >= 15 is 0 Å². The Hall–Kier alpha value is -0.370. The third-order valence-corrected chi connectivity index (χ3v) is 4.60. The molecule has 0 radical (unpaired) electrons. The van der Waals surface area contributed by atoms with Gasteiger partial charge in [-0.1, -0.05) is 84.0 Å². The van der Waals surface area contributed by atoms with E-state index in [1.54, 1.807) is 0 Å². The van der Waals surface area contributed by atoms with Crippen molar-refractivity contribution in [2.24, 2.45) is 5.92 Å². The largest absolute Gasteiger partial charge is 0.344 e. The summed E-state index contributed by atoms with van der Waals surface area (Å²) in [4.78, 5) is 11.2. The summed E-state index contributed by atoms with van der Waals surface area (Å²) >= 11 is 0. The van der Waals surface area contributed by atoms with E-state index in [2.05, 4.69) is 6.92 Å². The van der Waals surface area contributed by atoms with Crippen molar-refractivity contribution in [1.82, 2.24) is 6.15 Å². The molecule has 1 unspecified atom stereocenters. The highest BCUT2D eigenvalue weighted by molar-refractivity contribution is 5.86. The average molecular weight is 283 g/mol. The lowest BCUT2D eigenvalue weighted by Gasteiger charge is -2.23. The predicted octanol–water partition coefficient (Wildman–Crippen LogP) is 6.22. The van der Waals surface area contributed by atoms with E-state index in [4.69, 9.17) is 0 Å². The van der Waals surface area contributed by atoms with Crippen LogP contribution in [0.15, 0.2) is 0 Å². The zero-order chi connectivity index (χ0) is 13.8. The number of hydrogen-bond donors (Lipinski definition) is 1. The van der Waals surface area contributed by atoms with Crippen molar-refractivity contribution in [3.63, 3.8) is 0 Å². The van der Waals surface area contributed by atoms with E-state index in [-0.39, 0.29) is 6.15 Å². The van der Waals surface area contributed by atoms with E-state index < -0.39 is 0 Å². The Balaban J connectivity index is 0.00000361. The molecule has 1 atom stereocenters. The predicted molar refractivity (Wildman–Crippen MR) is 88.4 cm³/mol. The summed E-state index contributed by atoms with van der Waals surface area (Å²) in [7, 11) is 0. The maximum Gasteiger partial charge on any atom is 0.136 e. The van der Waals surface area contributed by atoms with E-state index in [9.17, 15) is 4.79 Å². The number of rotatable bonds is 13. The third-order valence-electron chi connectivity index (χ3n) is 4.60. The van der Waals surface area contributed by atoms with Gasteiger partial charge in [0.2, 0.25) is 0 Å². The minimum Gasteiger partial charge on any atom is -0.344 e. The number of carbonyl (C=O) groups is 1. The van der Waals surface area contributed by atoms with Crippen molar-refractivity contribution in [2.75, 3.05) is 0 Å². The molecule has 0 heterocycles. The van der Waals surface area contributed by atoms with Crippen molar-refractivity contribution in [2.45, 2.75) is 103 Å². The van der Waals surface area contributed by atoms with Crippen molar-refractivity contribution >= 4 is 5.78 Å². The van der Waals surface area contributed by atoms with Gasteiger partial charge in [-0.2, -0.15) is 0 Å². The monoisotopic (exact) mass is 283 g/mol. The molecule has 0 aromatic rings. The minimum absolute atomic E-state index is 0. The first-order chi connectivity index (χ1) is 9.34. The Morgan fingerprint density at radius 2 is 1.25 bits per heavy atom. The van der Waals surface area contributed by atoms with Gasteiger partial charge in [-0.3, -0.25) is 4.79 Å². The van der Waals surface area contributed by atoms with Crippen LogP contribution in [0.1, 0.15) is 103 Å². The van der Waals surface area contributed by atoms with Crippen LogP contribution in [0.4, 0.5) is 0 Å². The van der Waals surface area contributed by atoms with Crippen LogP contribution in [0.25, 0.3) is 0 Å². The molecule has 2 nitrogen and oxygen atoms in total. The number of carbonyl (C=O) groups excluding carboxylic acids is 1. The van der Waals surface area contributed by atoms with Crippen molar-refractivity contribution in [3.05, 3.63) is 0 Å². The second-order valence-corrected chi connectivity index (χ2v) is 6.38. The second kappa shape index (κ2) is 13.6. The minimum atomic E-state index is 0. The molecule has 0 aromatic carbocycles. The molecule has 1 aliphatic rings. The first-order valence-electron chi connectivity index (χ1n) is 8.87. The SMILES string of the molecule is CCCCCCCCCCCCCCC1CCC1=O.N. The fourth-order valence-electron chi connectivity index (χ4n) is 3.00. The Morgan fingerprint density at radius 3 is 1.60 bits per heavy atom. The fraction of sp³-hybridized carbons (Fsp3) is 0.944. The van der Waals surface area contributed by atoms with Crippen LogP contribution in [-0.2, 0) is 4.79 Å². The molecule has 0 bridgehead atoms. The normalized spacial score (nSPS) is 17.6. The summed E-state index contributed by atoms with van der Waals surface area (Å²) in [6, 6.07) is 0. The molecule has 120 valence electrons. The Morgan fingerprint density at radius 1 is 0.800 bits per heavy atom. The zero-order valence-electron chi connectivity index (χ0n) is 13.8. The van der Waals surface area contributed by atoms with Gasteiger partial charge in [-0.25, -0.2) is 0 Å². The third kappa shape index (κ3) is 9.52. The maximum atomic E-state index is 11.2. The summed E-state index contributed by atoms with van der Waals surface area (Å²) in [6.45, 7) is 2.28. The Kier molecular flexibility index (Phi) is 13.4. The van der Waals surface area contributed by atoms with E-state index in [0.29, 0.717) is 11.7 Å². The van der Waals surface area contributed by atoms with Crippen LogP contribution in [0.3, 0.4) is 0 Å². The highest BCUT2D eigenvalue weighted by Gasteiger charge is 2.26. The summed E-state index contributed by atoms with van der Waals surface area (Å²) < 4.78 is 0. The van der Waals surface area contributed by atoms with Gasteiger partial charge < -0.3 is 6.15 Å². The molecule has 0 aromatic heterocycles. The molecule has 1 saturated carbocycles. The number of unbranched alkanes of at least 4 members (excludes halogenated alkanes) is 11. The first-order valence-corrected chi connectivity index (χ1v) is 8.87. The Bertz CT molecular complexity index is 227. The number of Topliss-reactive ketones (excluding diaryl/α,β-unsaturated/α-hetero) is 1. The van der Waals surface area contributed by atoms with Crippen LogP contribution >= 0.6 is 0 Å². The van der Waals surface area contributed by atoms with Gasteiger partial charge in [0.25, 0.3) is 0 Å². The van der Waals surface area contributed by atoms with Gasteiger partial charge in [-0.05, 0) is 12.8 Å². The smallest absolute Gasteiger partial charge is 0.136 e. The second-order valence-electron chi connectivity index (χ2n) is 6.38. The van der Waals surface area contributed by atoms with Gasteiger partial charge in [-0.15, -0.1) is 0 Å². The highest BCUT2D eigenvalue weighted by Crippen LogP contribution is 2.27. The van der Waals surface area contributed by atoms with Crippen molar-refractivity contribution < 1.29 is 4.79 Å². The molecule has 1 rings (SSSR count). The average Bonchev–Trinajstić information content (AvgIpc) is 2.42. The topological polar surface area (TPSA) is 52.1 Å². The number of ketones is 1. The van der Waals surface area contributed by atoms with Crippen LogP contribution in [0.2, 0.25) is 0 Å². The first kappa shape index (κ1) is 19.6. The van der Waals surface area contributed by atoms with Gasteiger partial charge in [0.05, 0.1) is 0 Å². The molecular weight excluding hydrogens is 246 g/mol. The molecule has 0 amide bonds. The lowest BCUT2D eigenvalue weighted by molar-refractivity contribution is -0.129. The van der Waals surface area contributed by atoms with Gasteiger partial charge in [0.1, 0.15) is 5.78 Å². The summed E-state index contributed by atoms with van der Waals surface area (Å²) in [5, 5.41) is 0. The highest BCUT2D eigenvalue weighted by atomic mass is 16.1. The lowest BCUT2D eigenvalue weighted by Crippen LogP contribution is -2.25. The summed E-state index contributed by atoms with van der Waals surface area (Å²) in [6.07, 6.45) is 20.1. The van der Waals surface area contributed by atoms with Crippen molar-refractivity contribution in [1.29, 1.82) is 0 Å². The van der Waals surface area contributed by atoms with Crippen LogP contribution in [-0.4, -0.2) is 5.78 Å². The van der Waals surface area contributed by atoms with Crippen molar-refractivity contribution in [3.8, 4) is 0 Å². The Labute approximate surface area is 126 Å². The van der Waals surface area contributed by atoms with E-state index in [1.165, 1.54) is 89.9 Å². The van der Waals surface area contributed by atoms with Crippen LogP contribution in [0.5, 0.6) is 0 Å². The molecule has 0 aliphatic heterocycles. The zero-order valence-corrected chi connectivity index (χ0v) is 13.8. The molecule has 1 aliphatic carbocycles. The summed E-state index contributed by atoms with van der Waals surface area (Å²) in [5.41, 5.74) is 0. The summed E-state index contributed by atoms with van der Waals surface area (Å²) in [5.74, 6) is 0.992. The van der Waals surface area contributed by atoms with Crippen LogP contribution < -0.4 is 6.15 Å². The van der Waals surface area contributed by atoms with Gasteiger partial charge >= 0.3 is 0 Å². The molecule has 2 heteroatoms. The molecule has 1 fully saturated rings.